The van der Waals surface area contributed by atoms with Gasteiger partial charge in [0.2, 0.25) is 0 Å². The average molecular weight is 266 g/mol. The van der Waals surface area contributed by atoms with Gasteiger partial charge < -0.3 is 15.7 Å². The lowest BCUT2D eigenvalue weighted by atomic mass is 10.2. The molecule has 1 heterocycles. The maximum atomic E-state index is 12.4. The van der Waals surface area contributed by atoms with Gasteiger partial charge >= 0.3 is 0 Å². The van der Waals surface area contributed by atoms with Gasteiger partial charge in [-0.05, 0) is 13.3 Å². The van der Waals surface area contributed by atoms with E-state index in [1.165, 1.54) is 6.20 Å². The minimum Gasteiger partial charge on any atom is -0.396 e. The number of carbonyl (C=O) groups is 1. The van der Waals surface area contributed by atoms with Crippen molar-refractivity contribution in [2.45, 2.75) is 33.1 Å². The Labute approximate surface area is 113 Å². The van der Waals surface area contributed by atoms with E-state index in [2.05, 4.69) is 9.97 Å². The van der Waals surface area contributed by atoms with E-state index in [0.29, 0.717) is 25.3 Å². The highest BCUT2D eigenvalue weighted by Crippen LogP contribution is 2.15. The number of aliphatic hydroxyl groups excluding tert-OH is 1. The number of anilines is 1. The molecule has 0 saturated heterocycles. The zero-order chi connectivity index (χ0) is 14.4. The molecule has 0 bridgehead atoms. The molecule has 0 aliphatic heterocycles. The second-order valence-corrected chi connectivity index (χ2v) is 4.65. The maximum absolute atomic E-state index is 12.4. The summed E-state index contributed by atoms with van der Waals surface area (Å²) in [6.07, 6.45) is 2.02. The van der Waals surface area contributed by atoms with Crippen LogP contribution in [0, 0.1) is 0 Å². The minimum absolute atomic E-state index is 0.0558. The maximum Gasteiger partial charge on any atom is 0.274 e. The van der Waals surface area contributed by atoms with Crippen LogP contribution in [0.25, 0.3) is 0 Å². The molecule has 1 aromatic rings. The fourth-order valence-corrected chi connectivity index (χ4v) is 1.67. The molecule has 1 rings (SSSR count). The molecule has 106 valence electrons. The molecule has 0 fully saturated rings. The first-order chi connectivity index (χ1) is 9.01. The smallest absolute Gasteiger partial charge is 0.274 e. The van der Waals surface area contributed by atoms with Crippen LogP contribution in [0.5, 0.6) is 0 Å². The number of nitrogens with zero attached hydrogens (tertiary/aromatic N) is 3. The summed E-state index contributed by atoms with van der Waals surface area (Å²) in [6.45, 7) is 6.91. The van der Waals surface area contributed by atoms with Crippen LogP contribution >= 0.6 is 0 Å². The van der Waals surface area contributed by atoms with Gasteiger partial charge in [-0.15, -0.1) is 0 Å². The fraction of sp³-hybridized carbons (Fsp3) is 0.615. The molecule has 0 saturated carbocycles. The normalized spacial score (nSPS) is 10.8. The van der Waals surface area contributed by atoms with Gasteiger partial charge in [0.1, 0.15) is 5.82 Å². The van der Waals surface area contributed by atoms with Gasteiger partial charge in [-0.2, -0.15) is 0 Å². The van der Waals surface area contributed by atoms with Crippen molar-refractivity contribution in [1.82, 2.24) is 14.9 Å². The summed E-state index contributed by atoms with van der Waals surface area (Å²) < 4.78 is 0. The number of nitrogen functional groups attached to an aromatic ring is 1. The Morgan fingerprint density at radius 3 is 2.74 bits per heavy atom. The molecule has 0 radical (unpaired) electrons. The van der Waals surface area contributed by atoms with Gasteiger partial charge in [0.25, 0.3) is 5.91 Å². The second-order valence-electron chi connectivity index (χ2n) is 4.65. The van der Waals surface area contributed by atoms with Crippen LogP contribution in [0.3, 0.4) is 0 Å². The summed E-state index contributed by atoms with van der Waals surface area (Å²) >= 11 is 0. The monoisotopic (exact) mass is 266 g/mol. The molecular formula is C13H22N4O2. The Hall–Kier alpha value is -1.69. The molecule has 0 unspecified atom stereocenters. The van der Waals surface area contributed by atoms with Gasteiger partial charge in [-0.25, -0.2) is 9.97 Å². The second kappa shape index (κ2) is 7.04. The Kier molecular flexibility index (Phi) is 5.69. The van der Waals surface area contributed by atoms with Crippen molar-refractivity contribution < 1.29 is 9.90 Å². The summed E-state index contributed by atoms with van der Waals surface area (Å²) in [5.41, 5.74) is 6.33. The molecule has 19 heavy (non-hydrogen) atoms. The number of amides is 1. The fourth-order valence-electron chi connectivity index (χ4n) is 1.67. The zero-order valence-electron chi connectivity index (χ0n) is 11.8. The predicted octanol–water partition coefficient (Wildman–Crippen LogP) is 1.03. The lowest BCUT2D eigenvalue weighted by molar-refractivity contribution is 0.0749. The van der Waals surface area contributed by atoms with Gasteiger partial charge in [-0.3, -0.25) is 4.79 Å². The quantitative estimate of drug-likeness (QED) is 0.802. The summed E-state index contributed by atoms with van der Waals surface area (Å²) in [5.74, 6) is 0.535. The topological polar surface area (TPSA) is 92.3 Å². The first-order valence-electron chi connectivity index (χ1n) is 6.53. The third-order valence-electron chi connectivity index (χ3n) is 2.81. The average Bonchev–Trinajstić information content (AvgIpc) is 2.39. The summed E-state index contributed by atoms with van der Waals surface area (Å²) in [6, 6.07) is 0. The first-order valence-corrected chi connectivity index (χ1v) is 6.53. The molecule has 0 aliphatic carbocycles. The highest BCUT2D eigenvalue weighted by atomic mass is 16.3. The van der Waals surface area contributed by atoms with Crippen molar-refractivity contribution in [1.29, 1.82) is 0 Å². The number of hydrogen-bond acceptors (Lipinski definition) is 5. The highest BCUT2D eigenvalue weighted by molar-refractivity contribution is 5.96. The molecule has 1 amide bonds. The van der Waals surface area contributed by atoms with E-state index in [1.807, 2.05) is 20.8 Å². The van der Waals surface area contributed by atoms with Crippen LogP contribution in [0.15, 0.2) is 6.20 Å². The Balaban J connectivity index is 2.99. The van der Waals surface area contributed by atoms with E-state index in [0.717, 1.165) is 0 Å². The van der Waals surface area contributed by atoms with Gasteiger partial charge in [-0.1, -0.05) is 13.8 Å². The summed E-state index contributed by atoms with van der Waals surface area (Å²) in [5, 5.41) is 8.85. The van der Waals surface area contributed by atoms with E-state index in [-0.39, 0.29) is 29.8 Å². The van der Waals surface area contributed by atoms with E-state index >= 15 is 0 Å². The molecule has 6 heteroatoms. The molecular weight excluding hydrogens is 244 g/mol. The first kappa shape index (κ1) is 15.4. The SMILES string of the molecule is CCN(CCCO)C(=O)c1nc(C(C)C)ncc1N. The Bertz CT molecular complexity index is 435. The van der Waals surface area contributed by atoms with Crippen molar-refractivity contribution in [2.24, 2.45) is 0 Å². The number of aromatic nitrogens is 2. The lowest BCUT2D eigenvalue weighted by Crippen LogP contribution is -2.33. The molecule has 0 atom stereocenters. The molecule has 6 nitrogen and oxygen atoms in total. The number of aliphatic hydroxyl groups is 1. The minimum atomic E-state index is -0.210. The van der Waals surface area contributed by atoms with Crippen LogP contribution in [0.2, 0.25) is 0 Å². The van der Waals surface area contributed by atoms with Crippen molar-refractivity contribution in [3.05, 3.63) is 17.7 Å². The number of rotatable bonds is 6. The van der Waals surface area contributed by atoms with E-state index in [9.17, 15) is 4.79 Å². The van der Waals surface area contributed by atoms with Gasteiger partial charge in [0.15, 0.2) is 5.69 Å². The van der Waals surface area contributed by atoms with Crippen molar-refractivity contribution in [2.75, 3.05) is 25.4 Å². The summed E-state index contributed by atoms with van der Waals surface area (Å²) in [7, 11) is 0. The van der Waals surface area contributed by atoms with Crippen molar-refractivity contribution >= 4 is 11.6 Å². The van der Waals surface area contributed by atoms with Gasteiger partial charge in [0.05, 0.1) is 11.9 Å². The Morgan fingerprint density at radius 1 is 1.53 bits per heavy atom. The van der Waals surface area contributed by atoms with Crippen LogP contribution in [0.4, 0.5) is 5.69 Å². The van der Waals surface area contributed by atoms with E-state index < -0.39 is 0 Å². The Morgan fingerprint density at radius 2 is 2.21 bits per heavy atom. The van der Waals surface area contributed by atoms with Crippen LogP contribution in [0.1, 0.15) is 49.4 Å². The molecule has 0 aliphatic rings. The third-order valence-corrected chi connectivity index (χ3v) is 2.81. The third kappa shape index (κ3) is 3.89. The molecule has 0 spiro atoms. The largest absolute Gasteiger partial charge is 0.396 e. The molecule has 3 N–H and O–H groups in total. The lowest BCUT2D eigenvalue weighted by Gasteiger charge is -2.21. The van der Waals surface area contributed by atoms with Crippen LogP contribution < -0.4 is 5.73 Å². The molecule has 1 aromatic heterocycles. The van der Waals surface area contributed by atoms with Crippen molar-refractivity contribution in [3.63, 3.8) is 0 Å². The summed E-state index contributed by atoms with van der Waals surface area (Å²) in [4.78, 5) is 22.4. The zero-order valence-corrected chi connectivity index (χ0v) is 11.8. The van der Waals surface area contributed by atoms with E-state index in [1.54, 1.807) is 4.90 Å². The molecule has 0 aromatic carbocycles. The van der Waals surface area contributed by atoms with Crippen LogP contribution in [-0.2, 0) is 0 Å². The number of hydrogen-bond donors (Lipinski definition) is 2. The van der Waals surface area contributed by atoms with Gasteiger partial charge in [0, 0.05) is 25.6 Å². The van der Waals surface area contributed by atoms with Crippen LogP contribution in [-0.4, -0.2) is 45.6 Å². The van der Waals surface area contributed by atoms with E-state index in [4.69, 9.17) is 10.8 Å². The predicted molar refractivity (Wildman–Crippen MR) is 73.8 cm³/mol. The standard InChI is InChI=1S/C13H22N4O2/c1-4-17(6-5-7-18)13(19)11-10(14)8-15-12(16-11)9(2)3/h8-9,18H,4-7,14H2,1-3H3. The van der Waals surface area contributed by atoms with Crippen molar-refractivity contribution in [3.8, 4) is 0 Å². The highest BCUT2D eigenvalue weighted by Gasteiger charge is 2.19. The number of carbonyl (C=O) groups excluding carboxylic acids is 1. The number of nitrogens with two attached hydrogens (primary N) is 1.